The number of ether oxygens (including phenoxy) is 1. The summed E-state index contributed by atoms with van der Waals surface area (Å²) in [5.74, 6) is -1.03. The topological polar surface area (TPSA) is 93.2 Å². The second-order valence-electron chi connectivity index (χ2n) is 6.51. The van der Waals surface area contributed by atoms with Gasteiger partial charge >= 0.3 is 6.18 Å². The lowest BCUT2D eigenvalue weighted by molar-refractivity contribution is -0.137. The molecule has 0 saturated heterocycles. The number of halogens is 3. The molecule has 3 aromatic rings. The van der Waals surface area contributed by atoms with E-state index < -0.39 is 23.6 Å². The molecule has 0 radical (unpaired) electrons. The van der Waals surface area contributed by atoms with Crippen LogP contribution < -0.4 is 15.4 Å². The van der Waals surface area contributed by atoms with E-state index in [9.17, 15) is 22.8 Å². The lowest BCUT2D eigenvalue weighted by Crippen LogP contribution is -2.18. The Kier molecular flexibility index (Phi) is 6.19. The van der Waals surface area contributed by atoms with Crippen LogP contribution in [0.5, 0.6) is 5.75 Å². The van der Waals surface area contributed by atoms with Crippen LogP contribution in [0.2, 0.25) is 0 Å². The third-order valence-electron chi connectivity index (χ3n) is 4.13. The maximum Gasteiger partial charge on any atom is 0.416 e. The summed E-state index contributed by atoms with van der Waals surface area (Å²) in [5, 5.41) is 4.77. The predicted molar refractivity (Wildman–Crippen MR) is 107 cm³/mol. The molecule has 0 fully saturated rings. The molecule has 0 saturated carbocycles. The largest absolute Gasteiger partial charge is 0.497 e. The van der Waals surface area contributed by atoms with Crippen LogP contribution in [0.25, 0.3) is 0 Å². The van der Waals surface area contributed by atoms with Gasteiger partial charge in [-0.15, -0.1) is 0 Å². The predicted octanol–water partition coefficient (Wildman–Crippen LogP) is 4.32. The fraction of sp³-hybridized carbons (Fsp3) is 0.143. The van der Waals surface area contributed by atoms with Gasteiger partial charge in [-0.1, -0.05) is 6.07 Å². The summed E-state index contributed by atoms with van der Waals surface area (Å²) in [7, 11) is 1.40. The van der Waals surface area contributed by atoms with Crippen molar-refractivity contribution in [1.82, 2.24) is 9.97 Å². The third kappa shape index (κ3) is 5.56. The van der Waals surface area contributed by atoms with E-state index in [1.165, 1.54) is 37.7 Å². The van der Waals surface area contributed by atoms with Gasteiger partial charge in [0.05, 0.1) is 12.7 Å². The number of benzene rings is 1. The number of anilines is 2. The molecule has 3 rings (SSSR count). The second kappa shape index (κ2) is 8.82. The molecule has 31 heavy (non-hydrogen) atoms. The van der Waals surface area contributed by atoms with Crippen molar-refractivity contribution in [3.63, 3.8) is 0 Å². The Morgan fingerprint density at radius 2 is 1.74 bits per heavy atom. The Labute approximate surface area is 175 Å². The number of nitrogens with zero attached hydrogens (tertiary/aromatic N) is 2. The molecule has 2 N–H and O–H groups in total. The molecule has 0 spiro atoms. The van der Waals surface area contributed by atoms with Gasteiger partial charge in [-0.05, 0) is 42.8 Å². The van der Waals surface area contributed by atoms with Gasteiger partial charge in [0.1, 0.15) is 17.3 Å². The van der Waals surface area contributed by atoms with Gasteiger partial charge in [0.25, 0.3) is 11.8 Å². The number of methoxy groups -OCH3 is 1. The van der Waals surface area contributed by atoms with Crippen LogP contribution in [0.1, 0.15) is 32.0 Å². The number of aromatic nitrogens is 2. The molecule has 2 heterocycles. The van der Waals surface area contributed by atoms with Crippen molar-refractivity contribution < 1.29 is 27.5 Å². The SMILES string of the molecule is COc1ccnc(C(=O)Nc2cc(C(=O)Nc3ccc(C)cn3)cc(C(F)(F)F)c2)c1. The molecule has 1 aromatic carbocycles. The van der Waals surface area contributed by atoms with Crippen LogP contribution in [0.15, 0.2) is 54.9 Å². The normalized spacial score (nSPS) is 11.0. The summed E-state index contributed by atoms with van der Waals surface area (Å²) < 4.78 is 45.1. The fourth-order valence-electron chi connectivity index (χ4n) is 2.58. The number of hydrogen-bond acceptors (Lipinski definition) is 5. The van der Waals surface area contributed by atoms with E-state index in [4.69, 9.17) is 4.74 Å². The highest BCUT2D eigenvalue weighted by molar-refractivity contribution is 6.06. The number of nitrogens with one attached hydrogen (secondary N) is 2. The zero-order valence-electron chi connectivity index (χ0n) is 16.4. The molecule has 2 aromatic heterocycles. The van der Waals surface area contributed by atoms with E-state index in [1.54, 1.807) is 13.0 Å². The smallest absolute Gasteiger partial charge is 0.416 e. The highest BCUT2D eigenvalue weighted by Crippen LogP contribution is 2.32. The lowest BCUT2D eigenvalue weighted by Gasteiger charge is -2.13. The van der Waals surface area contributed by atoms with Gasteiger partial charge in [0.2, 0.25) is 0 Å². The average molecular weight is 430 g/mol. The third-order valence-corrected chi connectivity index (χ3v) is 4.13. The summed E-state index contributed by atoms with van der Waals surface area (Å²) in [4.78, 5) is 32.8. The first-order chi connectivity index (χ1) is 14.7. The zero-order valence-corrected chi connectivity index (χ0v) is 16.4. The number of rotatable bonds is 5. The Hall–Kier alpha value is -3.95. The number of alkyl halides is 3. The number of hydrogen-bond donors (Lipinski definition) is 2. The second-order valence-corrected chi connectivity index (χ2v) is 6.51. The molecular weight excluding hydrogens is 413 g/mol. The monoisotopic (exact) mass is 430 g/mol. The van der Waals surface area contributed by atoms with Crippen molar-refractivity contribution in [1.29, 1.82) is 0 Å². The highest BCUT2D eigenvalue weighted by atomic mass is 19.4. The van der Waals surface area contributed by atoms with Crippen molar-refractivity contribution in [2.75, 3.05) is 17.7 Å². The van der Waals surface area contributed by atoms with Crippen LogP contribution in [0, 0.1) is 6.92 Å². The molecular formula is C21H17F3N4O3. The molecule has 0 aliphatic carbocycles. The maximum atomic E-state index is 13.4. The van der Waals surface area contributed by atoms with Gasteiger partial charge < -0.3 is 15.4 Å². The first-order valence-corrected chi connectivity index (χ1v) is 8.93. The number of carbonyl (C=O) groups excluding carboxylic acids is 2. The van der Waals surface area contributed by atoms with Crippen molar-refractivity contribution >= 4 is 23.3 Å². The summed E-state index contributed by atoms with van der Waals surface area (Å²) in [6.07, 6.45) is -1.89. The minimum absolute atomic E-state index is 0.0633. The van der Waals surface area contributed by atoms with Gasteiger partial charge in [-0.3, -0.25) is 14.6 Å². The molecule has 160 valence electrons. The quantitative estimate of drug-likeness (QED) is 0.629. The van der Waals surface area contributed by atoms with E-state index in [1.807, 2.05) is 0 Å². The van der Waals surface area contributed by atoms with Crippen molar-refractivity contribution in [2.24, 2.45) is 0 Å². The molecule has 10 heteroatoms. The Morgan fingerprint density at radius 3 is 2.39 bits per heavy atom. The number of aryl methyl sites for hydroxylation is 1. The van der Waals surface area contributed by atoms with Crippen molar-refractivity contribution in [3.05, 3.63) is 77.2 Å². The van der Waals surface area contributed by atoms with Gasteiger partial charge in [0, 0.05) is 29.7 Å². The molecule has 0 aliphatic rings. The Bertz CT molecular complexity index is 1120. The molecule has 7 nitrogen and oxygen atoms in total. The first kappa shape index (κ1) is 21.8. The maximum absolute atomic E-state index is 13.4. The summed E-state index contributed by atoms with van der Waals surface area (Å²) in [5.41, 5.74) is -0.816. The van der Waals surface area contributed by atoms with Crippen LogP contribution >= 0.6 is 0 Å². The van der Waals surface area contributed by atoms with Crippen LogP contribution in [0.4, 0.5) is 24.7 Å². The minimum Gasteiger partial charge on any atom is -0.497 e. The van der Waals surface area contributed by atoms with Crippen molar-refractivity contribution in [2.45, 2.75) is 13.1 Å². The number of amides is 2. The van der Waals surface area contributed by atoms with Crippen LogP contribution in [-0.2, 0) is 6.18 Å². The van der Waals surface area contributed by atoms with Gasteiger partial charge in [0.15, 0.2) is 0 Å². The number of pyridine rings is 2. The Balaban J connectivity index is 1.90. The standard InChI is InChI=1S/C21H17F3N4O3/c1-12-3-4-18(26-11-12)28-19(29)13-7-14(21(22,23)24)9-15(8-13)27-20(30)17-10-16(31-2)5-6-25-17/h3-11H,1-2H3,(H,27,30)(H,26,28,29). The van der Waals surface area contributed by atoms with E-state index in [2.05, 4.69) is 20.6 Å². The highest BCUT2D eigenvalue weighted by Gasteiger charge is 2.32. The van der Waals surface area contributed by atoms with E-state index in [-0.39, 0.29) is 22.8 Å². The minimum atomic E-state index is -4.73. The molecule has 0 unspecified atom stereocenters. The molecule has 2 amide bonds. The fourth-order valence-corrected chi connectivity index (χ4v) is 2.58. The van der Waals surface area contributed by atoms with Crippen LogP contribution in [-0.4, -0.2) is 28.9 Å². The first-order valence-electron chi connectivity index (χ1n) is 8.93. The average Bonchev–Trinajstić information content (AvgIpc) is 2.74. The van der Waals surface area contributed by atoms with Gasteiger partial charge in [-0.2, -0.15) is 13.2 Å². The van der Waals surface area contributed by atoms with Crippen LogP contribution in [0.3, 0.4) is 0 Å². The summed E-state index contributed by atoms with van der Waals surface area (Å²) in [6, 6.07) is 8.64. The van der Waals surface area contributed by atoms with E-state index in [0.717, 1.165) is 17.7 Å². The van der Waals surface area contributed by atoms with E-state index >= 15 is 0 Å². The van der Waals surface area contributed by atoms with Crippen molar-refractivity contribution in [3.8, 4) is 5.75 Å². The zero-order chi connectivity index (χ0) is 22.6. The Morgan fingerprint density at radius 1 is 0.968 bits per heavy atom. The summed E-state index contributed by atoms with van der Waals surface area (Å²) >= 11 is 0. The molecule has 0 aliphatic heterocycles. The summed E-state index contributed by atoms with van der Waals surface area (Å²) in [6.45, 7) is 1.80. The number of carbonyl (C=O) groups is 2. The molecule has 0 bridgehead atoms. The molecule has 0 atom stereocenters. The van der Waals surface area contributed by atoms with E-state index in [0.29, 0.717) is 11.8 Å². The van der Waals surface area contributed by atoms with Gasteiger partial charge in [-0.25, -0.2) is 4.98 Å². The lowest BCUT2D eigenvalue weighted by atomic mass is 10.1.